The van der Waals surface area contributed by atoms with Crippen molar-refractivity contribution in [1.82, 2.24) is 52.3 Å². The molecule has 2 aliphatic heterocycles. The molecule has 0 radical (unpaired) electrons. The molecule has 4 unspecified atom stereocenters. The Morgan fingerprint density at radius 3 is 1.44 bits per heavy atom. The highest BCUT2D eigenvalue weighted by atomic mass is 16.2. The number of nitrogens with zero attached hydrogens (tertiary/aromatic N) is 2. The first-order valence-corrected chi connectivity index (χ1v) is 22.7. The molecule has 0 spiro atoms. The van der Waals surface area contributed by atoms with Gasteiger partial charge < -0.3 is 72.3 Å². The summed E-state index contributed by atoms with van der Waals surface area (Å²) in [5.74, 6) is 0.528. The van der Waals surface area contributed by atoms with Crippen LogP contribution in [0.1, 0.15) is 108 Å². The van der Waals surface area contributed by atoms with Crippen LogP contribution >= 0.6 is 0 Å². The lowest BCUT2D eigenvalue weighted by molar-refractivity contribution is -0.134. The number of primary amides is 1. The Kier molecular flexibility index (Phi) is 69.1. The minimum absolute atomic E-state index is 0.0186. The van der Waals surface area contributed by atoms with E-state index < -0.39 is 23.9 Å². The SMILES string of the molecule is CC(C)C.CC(C)C.CC(C=O)NC(=O)CNC=O.CC1CCCN1.CCN(C)C(=O)C1CCCN1C.CCNC.CNCC=O.CNCC=O.NC(=O)CCC(C=O)NC(=O)CNC=O. The smallest absolute Gasteiger partial charge is 0.239 e. The number of hydrogen-bond donors (Lipinski definition) is 9. The van der Waals surface area contributed by atoms with Crippen molar-refractivity contribution in [3.63, 3.8) is 0 Å². The summed E-state index contributed by atoms with van der Waals surface area (Å²) in [6, 6.07) is -0.311. The van der Waals surface area contributed by atoms with Gasteiger partial charge in [0, 0.05) is 26.1 Å². The number of amides is 6. The fourth-order valence-electron chi connectivity index (χ4n) is 4.00. The number of rotatable bonds is 20. The number of likely N-dealkylation sites (tertiary alicyclic amines) is 1. The molecule has 0 aromatic heterocycles. The van der Waals surface area contributed by atoms with Gasteiger partial charge in [-0.3, -0.25) is 33.7 Å². The van der Waals surface area contributed by atoms with Gasteiger partial charge in [-0.2, -0.15) is 0 Å². The highest BCUT2D eigenvalue weighted by Gasteiger charge is 2.29. The molecule has 4 atom stereocenters. The van der Waals surface area contributed by atoms with Gasteiger partial charge in [0.2, 0.25) is 36.4 Å². The maximum Gasteiger partial charge on any atom is 0.239 e. The van der Waals surface area contributed by atoms with Crippen LogP contribution in [0, 0.1) is 11.8 Å². The Morgan fingerprint density at radius 2 is 1.20 bits per heavy atom. The summed E-state index contributed by atoms with van der Waals surface area (Å²) in [5.41, 5.74) is 4.88. The normalized spacial score (nSPS) is 14.7. The zero-order valence-corrected chi connectivity index (χ0v) is 43.4. The summed E-state index contributed by atoms with van der Waals surface area (Å²) < 4.78 is 0. The van der Waals surface area contributed by atoms with Gasteiger partial charge in [-0.1, -0.05) is 48.5 Å². The summed E-state index contributed by atoms with van der Waals surface area (Å²) in [5, 5.41) is 20.5. The first-order valence-electron chi connectivity index (χ1n) is 22.7. The lowest BCUT2D eigenvalue weighted by Crippen LogP contribution is -2.42. The van der Waals surface area contributed by atoms with E-state index in [1.807, 2.05) is 28.1 Å². The van der Waals surface area contributed by atoms with Gasteiger partial charge in [-0.15, -0.1) is 0 Å². The molecule has 0 aromatic carbocycles. The average molecular weight is 950 g/mol. The van der Waals surface area contributed by atoms with Crippen LogP contribution in [-0.4, -0.2) is 183 Å². The number of carbonyl (C=O) groups is 10. The van der Waals surface area contributed by atoms with Crippen molar-refractivity contribution in [1.29, 1.82) is 0 Å². The van der Waals surface area contributed by atoms with Gasteiger partial charge in [0.05, 0.1) is 44.3 Å². The lowest BCUT2D eigenvalue weighted by Gasteiger charge is -2.23. The summed E-state index contributed by atoms with van der Waals surface area (Å²) in [6.07, 6.45) is 8.67. The Balaban J connectivity index is -0.000000124. The second-order valence-corrected chi connectivity index (χ2v) is 15.9. The number of nitrogens with one attached hydrogen (secondary N) is 8. The topological polar surface area (TPSA) is 299 Å². The van der Waals surface area contributed by atoms with Crippen molar-refractivity contribution in [2.24, 2.45) is 17.6 Å². The van der Waals surface area contributed by atoms with Crippen LogP contribution in [0.5, 0.6) is 0 Å². The average Bonchev–Trinajstić information content (AvgIpc) is 3.94. The van der Waals surface area contributed by atoms with Crippen LogP contribution in [0.25, 0.3) is 0 Å². The van der Waals surface area contributed by atoms with E-state index in [1.165, 1.54) is 19.4 Å². The molecule has 10 N–H and O–H groups in total. The molecule has 6 amide bonds. The fraction of sp³-hybridized carbons (Fsp3) is 0.778. The Morgan fingerprint density at radius 1 is 0.742 bits per heavy atom. The molecule has 2 heterocycles. The van der Waals surface area contributed by atoms with E-state index in [0.29, 0.717) is 38.5 Å². The molecule has 66 heavy (non-hydrogen) atoms. The molecule has 390 valence electrons. The minimum atomic E-state index is -0.751. The van der Waals surface area contributed by atoms with Crippen molar-refractivity contribution in [2.45, 2.75) is 132 Å². The zero-order valence-electron chi connectivity index (χ0n) is 43.4. The quantitative estimate of drug-likeness (QED) is 0.0714. The first kappa shape index (κ1) is 75.6. The molecule has 0 aromatic rings. The summed E-state index contributed by atoms with van der Waals surface area (Å²) >= 11 is 0. The fourth-order valence-corrected chi connectivity index (χ4v) is 4.00. The van der Waals surface area contributed by atoms with E-state index in [4.69, 9.17) is 5.73 Å². The third kappa shape index (κ3) is 73.7. The van der Waals surface area contributed by atoms with Crippen molar-refractivity contribution < 1.29 is 47.9 Å². The summed E-state index contributed by atoms with van der Waals surface area (Å²) in [6.45, 7) is 25.6. The van der Waals surface area contributed by atoms with E-state index in [-0.39, 0.29) is 43.8 Å². The predicted octanol–water partition coefficient (Wildman–Crippen LogP) is -0.206. The van der Waals surface area contributed by atoms with Gasteiger partial charge >= 0.3 is 0 Å². The van der Waals surface area contributed by atoms with Crippen LogP contribution < -0.4 is 48.3 Å². The van der Waals surface area contributed by atoms with Crippen LogP contribution in [0.3, 0.4) is 0 Å². The van der Waals surface area contributed by atoms with Crippen molar-refractivity contribution >= 4 is 61.6 Å². The van der Waals surface area contributed by atoms with Gasteiger partial charge in [-0.25, -0.2) is 0 Å². The van der Waals surface area contributed by atoms with E-state index in [9.17, 15) is 47.9 Å². The van der Waals surface area contributed by atoms with Crippen LogP contribution in [-0.2, 0) is 47.9 Å². The monoisotopic (exact) mass is 950 g/mol. The summed E-state index contributed by atoms with van der Waals surface area (Å²) in [7, 11) is 9.29. The minimum Gasteiger partial charge on any atom is -0.370 e. The maximum atomic E-state index is 11.7. The first-order chi connectivity index (χ1) is 31.1. The number of aldehydes is 4. The summed E-state index contributed by atoms with van der Waals surface area (Å²) in [4.78, 5) is 106. The van der Waals surface area contributed by atoms with Gasteiger partial charge in [0.25, 0.3) is 0 Å². The third-order valence-electron chi connectivity index (χ3n) is 7.39. The van der Waals surface area contributed by atoms with Gasteiger partial charge in [-0.05, 0) is 113 Å². The second-order valence-electron chi connectivity index (χ2n) is 15.9. The number of likely N-dealkylation sites (N-methyl/N-ethyl adjacent to an activating group) is 4. The number of nitrogens with two attached hydrogens (primary N) is 1. The second kappa shape index (κ2) is 60.3. The lowest BCUT2D eigenvalue weighted by atomic mass is 10.1. The number of hydrogen-bond acceptors (Lipinski definition) is 15. The zero-order chi connectivity index (χ0) is 52.7. The largest absolute Gasteiger partial charge is 0.370 e. The molecule has 2 rings (SSSR count). The van der Waals surface area contributed by atoms with E-state index >= 15 is 0 Å². The predicted molar refractivity (Wildman–Crippen MR) is 264 cm³/mol. The molecule has 0 saturated carbocycles. The molecule has 0 aliphatic carbocycles. The van der Waals surface area contributed by atoms with E-state index in [2.05, 4.69) is 103 Å². The highest BCUT2D eigenvalue weighted by Crippen LogP contribution is 2.16. The van der Waals surface area contributed by atoms with Crippen molar-refractivity contribution in [2.75, 3.05) is 87.6 Å². The highest BCUT2D eigenvalue weighted by molar-refractivity contribution is 5.83. The van der Waals surface area contributed by atoms with E-state index in [1.54, 1.807) is 25.9 Å². The Labute approximate surface area is 398 Å². The molecule has 2 saturated heterocycles. The van der Waals surface area contributed by atoms with E-state index in [0.717, 1.165) is 62.9 Å². The standard InChI is InChI=1S/C9H18N2O.C8H13N3O4.C6H10N2O3.C5H11N.2C4H10.2C3H7NO.C3H9N/c1-4-10(2)9(12)8-6-5-7-11(8)3;9-7(14)2-1-6(4-12)11-8(15)3-10-5-13;1-5(3-9)8-6(11)2-7-4-10;1-5-3-2-4-6-5;2*1-4(2)3;2*1-4-2-3-5;1-3-4-2/h8H,4-7H2,1-3H3;4-6H,1-3H2,(H2,9,14)(H,10,13)(H,11,15);3-5H,2H2,1H3,(H,7,10)(H,8,11);5-6H,2-4H2,1H3;2*4H,1-3H3;2*3-4H,2H2,1H3;4H,3H2,1-2H3. The van der Waals surface area contributed by atoms with Gasteiger partial charge in [0.15, 0.2) is 0 Å². The van der Waals surface area contributed by atoms with Crippen LogP contribution in [0.4, 0.5) is 0 Å². The van der Waals surface area contributed by atoms with Crippen molar-refractivity contribution in [3.05, 3.63) is 0 Å². The molecule has 21 heteroatoms. The molecule has 21 nitrogen and oxygen atoms in total. The van der Waals surface area contributed by atoms with Crippen LogP contribution in [0.15, 0.2) is 0 Å². The molecule has 2 aliphatic rings. The van der Waals surface area contributed by atoms with Crippen LogP contribution in [0.2, 0.25) is 0 Å². The number of carbonyl (C=O) groups excluding carboxylic acids is 10. The Bertz CT molecular complexity index is 1160. The van der Waals surface area contributed by atoms with Crippen molar-refractivity contribution in [3.8, 4) is 0 Å². The third-order valence-corrected chi connectivity index (χ3v) is 7.39. The molecular weight excluding hydrogens is 855 g/mol. The molecular formula is C45H95N11O10. The molecule has 2 fully saturated rings. The maximum absolute atomic E-state index is 11.7. The molecule has 0 bridgehead atoms. The Hall–Kier alpha value is -4.70. The van der Waals surface area contributed by atoms with Gasteiger partial charge in [0.1, 0.15) is 25.1 Å².